The molecule has 2 heterocycles. The second-order valence-electron chi connectivity index (χ2n) is 6.28. The van der Waals surface area contributed by atoms with Gasteiger partial charge in [0, 0.05) is 18.5 Å². The van der Waals surface area contributed by atoms with E-state index >= 15 is 0 Å². The van der Waals surface area contributed by atoms with Crippen LogP contribution in [0.3, 0.4) is 0 Å². The van der Waals surface area contributed by atoms with Gasteiger partial charge in [-0.1, -0.05) is 0 Å². The maximum absolute atomic E-state index is 12.4. The van der Waals surface area contributed by atoms with Crippen LogP contribution in [0, 0.1) is 5.92 Å². The number of benzene rings is 1. The van der Waals surface area contributed by atoms with Crippen LogP contribution in [0.2, 0.25) is 0 Å². The number of halogens is 2. The van der Waals surface area contributed by atoms with Crippen LogP contribution in [-0.2, 0) is 17.8 Å². The Morgan fingerprint density at radius 1 is 1.28 bits per heavy atom. The van der Waals surface area contributed by atoms with Gasteiger partial charge in [0.15, 0.2) is 0 Å². The minimum atomic E-state index is -1.05. The first-order chi connectivity index (χ1) is 11.9. The molecule has 2 aromatic rings. The van der Waals surface area contributed by atoms with E-state index in [4.69, 9.17) is 23.2 Å². The molecule has 1 aliphatic carbocycles. The van der Waals surface area contributed by atoms with Gasteiger partial charge in [0.2, 0.25) is 5.91 Å². The minimum absolute atomic E-state index is 0.0907. The van der Waals surface area contributed by atoms with Crippen molar-refractivity contribution in [1.29, 1.82) is 0 Å². The van der Waals surface area contributed by atoms with Crippen molar-refractivity contribution in [3.63, 3.8) is 0 Å². The fourth-order valence-corrected chi connectivity index (χ4v) is 3.51. The molecule has 4 rings (SSSR count). The highest BCUT2D eigenvalue weighted by atomic mass is 35.5. The van der Waals surface area contributed by atoms with Gasteiger partial charge in [-0.2, -0.15) is 0 Å². The molecule has 0 bridgehead atoms. The molecule has 1 aromatic carbocycles. The number of alkyl halides is 2. The van der Waals surface area contributed by atoms with E-state index in [1.54, 1.807) is 16.7 Å². The Bertz CT molecular complexity index is 970. The molecule has 130 valence electrons. The summed E-state index contributed by atoms with van der Waals surface area (Å²) in [5.74, 6) is -0.740. The molecule has 2 N–H and O–H groups in total. The first kappa shape index (κ1) is 16.4. The maximum Gasteiger partial charge on any atom is 0.269 e. The van der Waals surface area contributed by atoms with Crippen molar-refractivity contribution >= 4 is 45.9 Å². The standard InChI is InChI=1S/C16H14Cl2N4O3/c17-16(18)7-10(16)14(24)21-20-13(23)8-3-4-9-11(6-8)19-12-2-1-5-22(12)15(9)25/h3-4,6,10H,1-2,5,7H2,(H,20,23)(H,21,24)/t10-/m0/s1. The lowest BCUT2D eigenvalue weighted by Gasteiger charge is -2.09. The molecule has 0 unspecified atom stereocenters. The highest BCUT2D eigenvalue weighted by Crippen LogP contribution is 2.53. The molecule has 2 amide bonds. The van der Waals surface area contributed by atoms with Crippen LogP contribution in [0.4, 0.5) is 0 Å². The number of hydrogen-bond acceptors (Lipinski definition) is 4. The average Bonchev–Trinajstić information content (AvgIpc) is 3.00. The SMILES string of the molecule is O=C(NNC(=O)[C@@H]1CC1(Cl)Cl)c1ccc2c(=O)n3c(nc2c1)CCC3. The van der Waals surface area contributed by atoms with Gasteiger partial charge in [0.1, 0.15) is 10.2 Å². The van der Waals surface area contributed by atoms with Gasteiger partial charge in [-0.3, -0.25) is 29.8 Å². The highest BCUT2D eigenvalue weighted by molar-refractivity contribution is 6.52. The number of carbonyl (C=O) groups excluding carboxylic acids is 2. The van der Waals surface area contributed by atoms with Gasteiger partial charge in [0.25, 0.3) is 11.5 Å². The fourth-order valence-electron chi connectivity index (χ4n) is 3.00. The van der Waals surface area contributed by atoms with Crippen molar-refractivity contribution in [3.05, 3.63) is 39.9 Å². The van der Waals surface area contributed by atoms with Gasteiger partial charge < -0.3 is 0 Å². The fraction of sp³-hybridized carbons (Fsp3) is 0.375. The Hall–Kier alpha value is -2.12. The molecule has 7 nitrogen and oxygen atoms in total. The van der Waals surface area contributed by atoms with Gasteiger partial charge in [-0.15, -0.1) is 23.2 Å². The van der Waals surface area contributed by atoms with Crippen LogP contribution < -0.4 is 16.4 Å². The number of rotatable bonds is 2. The maximum atomic E-state index is 12.4. The van der Waals surface area contributed by atoms with Crippen molar-refractivity contribution in [3.8, 4) is 0 Å². The van der Waals surface area contributed by atoms with E-state index in [0.29, 0.717) is 29.4 Å². The molecule has 0 saturated heterocycles. The summed E-state index contributed by atoms with van der Waals surface area (Å²) in [4.78, 5) is 40.9. The predicted molar refractivity (Wildman–Crippen MR) is 92.5 cm³/mol. The quantitative estimate of drug-likeness (QED) is 0.606. The summed E-state index contributed by atoms with van der Waals surface area (Å²) in [6, 6.07) is 4.65. The molecule has 1 aromatic heterocycles. The number of aromatic nitrogens is 2. The molecule has 0 radical (unpaired) electrons. The third-order valence-electron chi connectivity index (χ3n) is 4.52. The number of amides is 2. The molecule has 1 fully saturated rings. The zero-order valence-electron chi connectivity index (χ0n) is 13.0. The number of nitrogens with zero attached hydrogens (tertiary/aromatic N) is 2. The van der Waals surface area contributed by atoms with Crippen LogP contribution >= 0.6 is 23.2 Å². The largest absolute Gasteiger partial charge is 0.296 e. The molecule has 1 saturated carbocycles. The zero-order chi connectivity index (χ0) is 17.8. The number of fused-ring (bicyclic) bond motifs is 2. The topological polar surface area (TPSA) is 93.1 Å². The molecule has 25 heavy (non-hydrogen) atoms. The Morgan fingerprint density at radius 3 is 2.76 bits per heavy atom. The Balaban J connectivity index is 1.53. The lowest BCUT2D eigenvalue weighted by molar-refractivity contribution is -0.123. The Morgan fingerprint density at radius 2 is 2.04 bits per heavy atom. The van der Waals surface area contributed by atoms with Gasteiger partial charge in [0.05, 0.1) is 16.8 Å². The third kappa shape index (κ3) is 2.87. The predicted octanol–water partition coefficient (Wildman–Crippen LogP) is 1.30. The molecule has 0 spiro atoms. The van der Waals surface area contributed by atoms with Crippen LogP contribution in [0.5, 0.6) is 0 Å². The summed E-state index contributed by atoms with van der Waals surface area (Å²) in [6.45, 7) is 0.676. The lowest BCUT2D eigenvalue weighted by atomic mass is 10.1. The second kappa shape index (κ2) is 5.71. The van der Waals surface area contributed by atoms with Crippen molar-refractivity contribution in [2.75, 3.05) is 0 Å². The number of nitrogens with one attached hydrogen (secondary N) is 2. The monoisotopic (exact) mass is 380 g/mol. The summed E-state index contributed by atoms with van der Waals surface area (Å²) < 4.78 is 0.618. The lowest BCUT2D eigenvalue weighted by Crippen LogP contribution is -2.43. The van der Waals surface area contributed by atoms with Crippen LogP contribution in [-0.4, -0.2) is 25.7 Å². The van der Waals surface area contributed by atoms with E-state index < -0.39 is 22.1 Å². The molecule has 1 atom stereocenters. The summed E-state index contributed by atoms with van der Waals surface area (Å²) in [7, 11) is 0. The van der Waals surface area contributed by atoms with Crippen molar-refractivity contribution in [1.82, 2.24) is 20.4 Å². The first-order valence-electron chi connectivity index (χ1n) is 7.88. The highest BCUT2D eigenvalue weighted by Gasteiger charge is 2.56. The summed E-state index contributed by atoms with van der Waals surface area (Å²) in [6.07, 6.45) is 1.99. The number of carbonyl (C=O) groups is 2. The summed E-state index contributed by atoms with van der Waals surface area (Å²) in [5, 5.41) is 0.471. The van der Waals surface area contributed by atoms with E-state index in [-0.39, 0.29) is 5.56 Å². The van der Waals surface area contributed by atoms with Crippen molar-refractivity contribution in [2.24, 2.45) is 5.92 Å². The molecular weight excluding hydrogens is 367 g/mol. The zero-order valence-corrected chi connectivity index (χ0v) is 14.5. The normalized spacial score (nSPS) is 20.2. The number of hydrogen-bond donors (Lipinski definition) is 2. The van der Waals surface area contributed by atoms with Gasteiger partial charge in [-0.05, 0) is 31.0 Å². The minimum Gasteiger partial charge on any atom is -0.296 e. The number of aryl methyl sites for hydroxylation is 1. The molecule has 2 aliphatic rings. The van der Waals surface area contributed by atoms with E-state index in [1.807, 2.05) is 0 Å². The van der Waals surface area contributed by atoms with Crippen molar-refractivity contribution in [2.45, 2.75) is 30.1 Å². The first-order valence-corrected chi connectivity index (χ1v) is 8.64. The molecule has 9 heteroatoms. The van der Waals surface area contributed by atoms with Crippen molar-refractivity contribution < 1.29 is 9.59 Å². The number of hydrazine groups is 1. The van der Waals surface area contributed by atoms with Crippen LogP contribution in [0.15, 0.2) is 23.0 Å². The van der Waals surface area contributed by atoms with Crippen LogP contribution in [0.1, 0.15) is 29.0 Å². The second-order valence-corrected chi connectivity index (χ2v) is 7.82. The Labute approximate surface area is 152 Å². The Kier molecular flexibility index (Phi) is 3.73. The van der Waals surface area contributed by atoms with E-state index in [1.165, 1.54) is 6.07 Å². The van der Waals surface area contributed by atoms with Gasteiger partial charge >= 0.3 is 0 Å². The molecular formula is C16H14Cl2N4O3. The molecule has 1 aliphatic heterocycles. The van der Waals surface area contributed by atoms with E-state index in [9.17, 15) is 14.4 Å². The third-order valence-corrected chi connectivity index (χ3v) is 5.36. The summed E-state index contributed by atoms with van der Waals surface area (Å²) in [5.41, 5.74) is 5.30. The van der Waals surface area contributed by atoms with Gasteiger partial charge in [-0.25, -0.2) is 4.98 Å². The van der Waals surface area contributed by atoms with Crippen LogP contribution in [0.25, 0.3) is 10.9 Å². The van der Waals surface area contributed by atoms with E-state index in [0.717, 1.165) is 18.7 Å². The van der Waals surface area contributed by atoms with E-state index in [2.05, 4.69) is 15.8 Å². The summed E-state index contributed by atoms with van der Waals surface area (Å²) >= 11 is 11.6. The average molecular weight is 381 g/mol. The smallest absolute Gasteiger partial charge is 0.269 e.